The predicted octanol–water partition coefficient (Wildman–Crippen LogP) is 1.66. The molecule has 2 amide bonds. The van der Waals surface area contributed by atoms with Crippen molar-refractivity contribution in [1.82, 2.24) is 10.6 Å². The Morgan fingerprint density at radius 3 is 2.29 bits per heavy atom. The normalized spacial score (nSPS) is 17.3. The van der Waals surface area contributed by atoms with Crippen LogP contribution in [-0.2, 0) is 4.79 Å². The van der Waals surface area contributed by atoms with E-state index in [2.05, 4.69) is 16.0 Å². The molecule has 1 aromatic carbocycles. The van der Waals surface area contributed by atoms with E-state index in [4.69, 9.17) is 0 Å². The molecular weight excluding hydrogens is 266 g/mol. The maximum absolute atomic E-state index is 11.8. The number of amides is 2. The fourth-order valence-electron chi connectivity index (χ4n) is 2.10. The molecule has 5 heteroatoms. The van der Waals surface area contributed by atoms with Crippen LogP contribution in [0.1, 0.15) is 42.5 Å². The number of carbonyl (C=O) groups is 2. The lowest BCUT2D eigenvalue weighted by Gasteiger charge is -2.07. The molecule has 5 nitrogen and oxygen atoms in total. The molecule has 1 aromatic rings. The summed E-state index contributed by atoms with van der Waals surface area (Å²) in [5.74, 6) is -0.0395. The van der Waals surface area contributed by atoms with Crippen LogP contribution in [0.4, 0.5) is 5.69 Å². The topological polar surface area (TPSA) is 70.2 Å². The maximum Gasteiger partial charge on any atom is 0.251 e. The molecule has 2 aliphatic carbocycles. The summed E-state index contributed by atoms with van der Waals surface area (Å²) in [4.78, 5) is 23.6. The lowest BCUT2D eigenvalue weighted by atomic mass is 10.2. The molecule has 0 aliphatic heterocycles. The smallest absolute Gasteiger partial charge is 0.251 e. The van der Waals surface area contributed by atoms with E-state index in [0.29, 0.717) is 24.1 Å². The van der Waals surface area contributed by atoms with Crippen LogP contribution in [0.25, 0.3) is 0 Å². The molecule has 0 aromatic heterocycles. The number of nitrogens with one attached hydrogen (secondary N) is 3. The molecule has 0 bridgehead atoms. The highest BCUT2D eigenvalue weighted by atomic mass is 16.2. The van der Waals surface area contributed by atoms with Gasteiger partial charge < -0.3 is 16.0 Å². The summed E-state index contributed by atoms with van der Waals surface area (Å²) in [5, 5.41) is 9.09. The molecule has 3 N–H and O–H groups in total. The molecule has 3 rings (SSSR count). The Morgan fingerprint density at radius 2 is 1.67 bits per heavy atom. The van der Waals surface area contributed by atoms with Crippen molar-refractivity contribution in [2.24, 2.45) is 0 Å². The number of hydrogen-bond donors (Lipinski definition) is 3. The Morgan fingerprint density at radius 1 is 1.00 bits per heavy atom. The van der Waals surface area contributed by atoms with Crippen molar-refractivity contribution in [3.05, 3.63) is 29.8 Å². The second-order valence-electron chi connectivity index (χ2n) is 5.85. The first-order valence-corrected chi connectivity index (χ1v) is 7.65. The lowest BCUT2D eigenvalue weighted by Crippen LogP contribution is -2.25. The molecule has 0 spiro atoms. The summed E-state index contributed by atoms with van der Waals surface area (Å²) in [7, 11) is 0. The zero-order valence-corrected chi connectivity index (χ0v) is 12.0. The first-order chi connectivity index (χ1) is 10.2. The largest absolute Gasteiger partial charge is 0.349 e. The van der Waals surface area contributed by atoms with Crippen molar-refractivity contribution in [3.8, 4) is 0 Å². The lowest BCUT2D eigenvalue weighted by molar-refractivity contribution is -0.116. The molecule has 112 valence electrons. The van der Waals surface area contributed by atoms with Gasteiger partial charge in [-0.2, -0.15) is 0 Å². The van der Waals surface area contributed by atoms with Gasteiger partial charge in [0.25, 0.3) is 5.91 Å². The van der Waals surface area contributed by atoms with Gasteiger partial charge in [-0.3, -0.25) is 9.59 Å². The molecule has 0 saturated heterocycles. The Labute approximate surface area is 124 Å². The molecule has 2 saturated carbocycles. The van der Waals surface area contributed by atoms with Gasteiger partial charge >= 0.3 is 0 Å². The standard InChI is InChI=1S/C16H21N3O2/c20-15(9-10-17-12-5-6-12)18-13-3-1-11(2-4-13)16(21)19-14-7-8-14/h1-4,12,14,17H,5-10H2,(H,18,20)(H,19,21). The Balaban J connectivity index is 1.44. The zero-order valence-electron chi connectivity index (χ0n) is 12.0. The fraction of sp³-hybridized carbons (Fsp3) is 0.500. The van der Waals surface area contributed by atoms with E-state index in [-0.39, 0.29) is 11.8 Å². The van der Waals surface area contributed by atoms with Crippen molar-refractivity contribution in [2.45, 2.75) is 44.2 Å². The van der Waals surface area contributed by atoms with E-state index < -0.39 is 0 Å². The van der Waals surface area contributed by atoms with Gasteiger partial charge in [0.1, 0.15) is 0 Å². The van der Waals surface area contributed by atoms with E-state index in [0.717, 1.165) is 25.1 Å². The summed E-state index contributed by atoms with van der Waals surface area (Å²) in [6, 6.07) is 8.02. The third-order valence-corrected chi connectivity index (χ3v) is 3.71. The van der Waals surface area contributed by atoms with Crippen LogP contribution in [0.15, 0.2) is 24.3 Å². The number of anilines is 1. The van der Waals surface area contributed by atoms with Crippen LogP contribution in [-0.4, -0.2) is 30.4 Å². The number of carbonyl (C=O) groups excluding carboxylic acids is 2. The average molecular weight is 287 g/mol. The number of hydrogen-bond acceptors (Lipinski definition) is 3. The summed E-state index contributed by atoms with van der Waals surface area (Å²) in [6.07, 6.45) is 5.09. The van der Waals surface area contributed by atoms with Crippen LogP contribution in [0, 0.1) is 0 Å². The predicted molar refractivity (Wildman–Crippen MR) is 81.2 cm³/mol. The van der Waals surface area contributed by atoms with Gasteiger partial charge in [-0.1, -0.05) is 0 Å². The van der Waals surface area contributed by atoms with E-state index in [1.165, 1.54) is 12.8 Å². The Bertz CT molecular complexity index is 519. The van der Waals surface area contributed by atoms with E-state index >= 15 is 0 Å². The zero-order chi connectivity index (χ0) is 14.7. The van der Waals surface area contributed by atoms with Crippen molar-refractivity contribution < 1.29 is 9.59 Å². The first-order valence-electron chi connectivity index (χ1n) is 7.65. The minimum Gasteiger partial charge on any atom is -0.349 e. The minimum absolute atomic E-state index is 0.00154. The quantitative estimate of drug-likeness (QED) is 0.714. The first kappa shape index (κ1) is 14.1. The van der Waals surface area contributed by atoms with E-state index in [9.17, 15) is 9.59 Å². The Hall–Kier alpha value is -1.88. The highest BCUT2D eigenvalue weighted by molar-refractivity contribution is 5.96. The maximum atomic E-state index is 11.8. The molecule has 2 fully saturated rings. The molecule has 2 aliphatic rings. The highest BCUT2D eigenvalue weighted by Gasteiger charge is 2.23. The SMILES string of the molecule is O=C(CCNC1CC1)Nc1ccc(C(=O)NC2CC2)cc1. The third kappa shape index (κ3) is 4.56. The monoisotopic (exact) mass is 287 g/mol. The highest BCUT2D eigenvalue weighted by Crippen LogP contribution is 2.20. The van der Waals surface area contributed by atoms with Crippen LogP contribution in [0.2, 0.25) is 0 Å². The van der Waals surface area contributed by atoms with Gasteiger partial charge in [0.05, 0.1) is 0 Å². The summed E-state index contributed by atoms with van der Waals surface area (Å²) >= 11 is 0. The van der Waals surface area contributed by atoms with Crippen molar-refractivity contribution in [3.63, 3.8) is 0 Å². The van der Waals surface area contributed by atoms with Gasteiger partial charge in [0, 0.05) is 36.3 Å². The third-order valence-electron chi connectivity index (χ3n) is 3.71. The van der Waals surface area contributed by atoms with Crippen molar-refractivity contribution in [1.29, 1.82) is 0 Å². The minimum atomic E-state index is -0.0380. The fourth-order valence-corrected chi connectivity index (χ4v) is 2.10. The molecule has 0 unspecified atom stereocenters. The van der Waals surface area contributed by atoms with E-state index in [1.807, 2.05) is 0 Å². The molecular formula is C16H21N3O2. The van der Waals surface area contributed by atoms with Crippen LogP contribution < -0.4 is 16.0 Å². The summed E-state index contributed by atoms with van der Waals surface area (Å²) in [5.41, 5.74) is 1.37. The van der Waals surface area contributed by atoms with Crippen LogP contribution >= 0.6 is 0 Å². The van der Waals surface area contributed by atoms with Crippen molar-refractivity contribution >= 4 is 17.5 Å². The van der Waals surface area contributed by atoms with Gasteiger partial charge in [0.15, 0.2) is 0 Å². The molecule has 0 heterocycles. The number of rotatable bonds is 7. The summed E-state index contributed by atoms with van der Waals surface area (Å²) < 4.78 is 0. The number of benzene rings is 1. The van der Waals surface area contributed by atoms with Gasteiger partial charge in [-0.25, -0.2) is 0 Å². The van der Waals surface area contributed by atoms with E-state index in [1.54, 1.807) is 24.3 Å². The molecule has 0 atom stereocenters. The van der Waals surface area contributed by atoms with Crippen LogP contribution in [0.3, 0.4) is 0 Å². The average Bonchev–Trinajstić information content (AvgIpc) is 3.34. The summed E-state index contributed by atoms with van der Waals surface area (Å²) in [6.45, 7) is 0.721. The molecule has 21 heavy (non-hydrogen) atoms. The van der Waals surface area contributed by atoms with Gasteiger partial charge in [-0.05, 0) is 49.9 Å². The van der Waals surface area contributed by atoms with Crippen LogP contribution in [0.5, 0.6) is 0 Å². The second kappa shape index (κ2) is 6.26. The Kier molecular flexibility index (Phi) is 4.20. The van der Waals surface area contributed by atoms with Crippen molar-refractivity contribution in [2.75, 3.05) is 11.9 Å². The second-order valence-corrected chi connectivity index (χ2v) is 5.85. The van der Waals surface area contributed by atoms with Gasteiger partial charge in [0.2, 0.25) is 5.91 Å². The molecule has 0 radical (unpaired) electrons. The van der Waals surface area contributed by atoms with Gasteiger partial charge in [-0.15, -0.1) is 0 Å².